The molecule has 0 aliphatic heterocycles. The molecule has 1 saturated carbocycles. The van der Waals surface area contributed by atoms with Crippen molar-refractivity contribution >= 4 is 0 Å². The molecule has 3 heteroatoms. The summed E-state index contributed by atoms with van der Waals surface area (Å²) in [5.74, 6) is 0. The summed E-state index contributed by atoms with van der Waals surface area (Å²) in [5.41, 5.74) is 2.89. The second-order valence-electron chi connectivity index (χ2n) is 5.43. The molecule has 0 bridgehead atoms. The van der Waals surface area contributed by atoms with E-state index in [1.807, 2.05) is 0 Å². The van der Waals surface area contributed by atoms with Gasteiger partial charge in [0.25, 0.3) is 0 Å². The summed E-state index contributed by atoms with van der Waals surface area (Å²) in [6.07, 6.45) is 11.0. The molecule has 1 fully saturated rings. The minimum absolute atomic E-state index is 0.673. The molecule has 0 saturated heterocycles. The summed E-state index contributed by atoms with van der Waals surface area (Å²) in [5, 5.41) is 8.17. The third-order valence-corrected chi connectivity index (χ3v) is 3.88. The Morgan fingerprint density at radius 3 is 2.72 bits per heavy atom. The van der Waals surface area contributed by atoms with E-state index < -0.39 is 0 Å². The molecule has 18 heavy (non-hydrogen) atoms. The van der Waals surface area contributed by atoms with Crippen molar-refractivity contribution in [3.63, 3.8) is 0 Å². The van der Waals surface area contributed by atoms with Crippen molar-refractivity contribution < 1.29 is 0 Å². The first kappa shape index (κ1) is 13.6. The van der Waals surface area contributed by atoms with E-state index in [-0.39, 0.29) is 0 Å². The lowest BCUT2D eigenvalue weighted by atomic mass is 10.1. The van der Waals surface area contributed by atoms with Crippen molar-refractivity contribution in [2.24, 2.45) is 0 Å². The first-order valence-electron chi connectivity index (χ1n) is 7.62. The molecule has 102 valence electrons. The van der Waals surface area contributed by atoms with Gasteiger partial charge >= 0.3 is 0 Å². The molecule has 0 amide bonds. The number of aromatic nitrogens is 2. The van der Waals surface area contributed by atoms with Gasteiger partial charge in [0.1, 0.15) is 0 Å². The summed E-state index contributed by atoms with van der Waals surface area (Å²) in [4.78, 5) is 0. The summed E-state index contributed by atoms with van der Waals surface area (Å²) in [6, 6.07) is 0.673. The first-order valence-corrected chi connectivity index (χ1v) is 7.62. The Balaban J connectivity index is 2.08. The maximum atomic E-state index is 4.67. The Morgan fingerprint density at radius 1 is 1.28 bits per heavy atom. The van der Waals surface area contributed by atoms with Gasteiger partial charge in [-0.15, -0.1) is 0 Å². The fraction of sp³-hybridized carbons (Fsp3) is 0.800. The zero-order valence-electron chi connectivity index (χ0n) is 11.9. The molecule has 0 atom stereocenters. The topological polar surface area (TPSA) is 29.9 Å². The highest BCUT2D eigenvalue weighted by atomic mass is 15.3. The van der Waals surface area contributed by atoms with Crippen LogP contribution in [0.3, 0.4) is 0 Å². The zero-order chi connectivity index (χ0) is 12.8. The molecule has 2 rings (SSSR count). The molecule has 0 aromatic carbocycles. The third-order valence-electron chi connectivity index (χ3n) is 3.88. The van der Waals surface area contributed by atoms with Crippen LogP contribution >= 0.6 is 0 Å². The van der Waals surface area contributed by atoms with Gasteiger partial charge in [-0.25, -0.2) is 0 Å². The Hall–Kier alpha value is -0.830. The monoisotopic (exact) mass is 249 g/mol. The van der Waals surface area contributed by atoms with Gasteiger partial charge in [-0.2, -0.15) is 5.10 Å². The predicted molar refractivity (Wildman–Crippen MR) is 75.7 cm³/mol. The van der Waals surface area contributed by atoms with Crippen molar-refractivity contribution in [1.82, 2.24) is 15.1 Å². The van der Waals surface area contributed by atoms with E-state index in [0.717, 1.165) is 13.1 Å². The summed E-state index contributed by atoms with van der Waals surface area (Å²) < 4.78 is 2.33. The van der Waals surface area contributed by atoms with Crippen LogP contribution in [0.2, 0.25) is 0 Å². The van der Waals surface area contributed by atoms with Gasteiger partial charge in [-0.05, 0) is 32.2 Å². The van der Waals surface area contributed by atoms with Gasteiger partial charge in [0, 0.05) is 17.8 Å². The molecule has 1 aromatic heterocycles. The molecule has 0 spiro atoms. The van der Waals surface area contributed by atoms with Crippen LogP contribution in [-0.4, -0.2) is 16.3 Å². The van der Waals surface area contributed by atoms with Gasteiger partial charge in [0.15, 0.2) is 0 Å². The Morgan fingerprint density at radius 2 is 2.06 bits per heavy atom. The number of nitrogens with one attached hydrogen (secondary N) is 1. The minimum Gasteiger partial charge on any atom is -0.313 e. The van der Waals surface area contributed by atoms with Crippen molar-refractivity contribution in [1.29, 1.82) is 0 Å². The lowest BCUT2D eigenvalue weighted by Crippen LogP contribution is -2.16. The van der Waals surface area contributed by atoms with E-state index in [1.54, 1.807) is 0 Å². The standard InChI is InChI=1S/C15H27N3/c1-3-7-15-13(11-16-10-4-2)12-17-18(15)14-8-5-6-9-14/h12,14,16H,3-11H2,1-2H3. The van der Waals surface area contributed by atoms with Crippen LogP contribution < -0.4 is 5.32 Å². The second kappa shape index (κ2) is 6.93. The number of nitrogens with zero attached hydrogens (tertiary/aromatic N) is 2. The van der Waals surface area contributed by atoms with Crippen molar-refractivity contribution in [2.75, 3.05) is 6.54 Å². The Kier molecular flexibility index (Phi) is 5.24. The molecule has 1 aliphatic carbocycles. The van der Waals surface area contributed by atoms with Gasteiger partial charge in [0.05, 0.1) is 12.2 Å². The predicted octanol–water partition coefficient (Wildman–Crippen LogP) is 3.45. The first-order chi connectivity index (χ1) is 8.86. The summed E-state index contributed by atoms with van der Waals surface area (Å²) in [6.45, 7) is 6.55. The largest absolute Gasteiger partial charge is 0.313 e. The van der Waals surface area contributed by atoms with Gasteiger partial charge in [-0.3, -0.25) is 4.68 Å². The lowest BCUT2D eigenvalue weighted by molar-refractivity contribution is 0.447. The molecular weight excluding hydrogens is 222 g/mol. The van der Waals surface area contributed by atoms with Crippen molar-refractivity contribution in [2.45, 2.75) is 71.4 Å². The van der Waals surface area contributed by atoms with Crippen molar-refractivity contribution in [3.8, 4) is 0 Å². The fourth-order valence-electron chi connectivity index (χ4n) is 2.95. The van der Waals surface area contributed by atoms with Crippen LogP contribution in [-0.2, 0) is 13.0 Å². The van der Waals surface area contributed by atoms with Gasteiger partial charge in [0.2, 0.25) is 0 Å². The second-order valence-corrected chi connectivity index (χ2v) is 5.43. The van der Waals surface area contributed by atoms with Crippen LogP contribution in [0.25, 0.3) is 0 Å². The summed E-state index contributed by atoms with van der Waals surface area (Å²) in [7, 11) is 0. The Bertz CT molecular complexity index is 351. The normalized spacial score (nSPS) is 16.6. The van der Waals surface area contributed by atoms with E-state index in [0.29, 0.717) is 6.04 Å². The highest BCUT2D eigenvalue weighted by Crippen LogP contribution is 2.31. The fourth-order valence-corrected chi connectivity index (χ4v) is 2.95. The maximum Gasteiger partial charge on any atom is 0.0537 e. The van der Waals surface area contributed by atoms with Crippen LogP contribution in [0.4, 0.5) is 0 Å². The van der Waals surface area contributed by atoms with E-state index in [9.17, 15) is 0 Å². The van der Waals surface area contributed by atoms with E-state index in [1.165, 1.54) is 56.2 Å². The molecular formula is C15H27N3. The maximum absolute atomic E-state index is 4.67. The number of hydrogen-bond donors (Lipinski definition) is 1. The zero-order valence-corrected chi connectivity index (χ0v) is 11.9. The van der Waals surface area contributed by atoms with Crippen LogP contribution in [0.15, 0.2) is 6.20 Å². The van der Waals surface area contributed by atoms with Crippen LogP contribution in [0.1, 0.15) is 69.7 Å². The highest BCUT2D eigenvalue weighted by molar-refractivity contribution is 5.19. The SMILES string of the molecule is CCCNCc1cnn(C2CCCC2)c1CCC. The van der Waals surface area contributed by atoms with E-state index >= 15 is 0 Å². The molecule has 1 aromatic rings. The third kappa shape index (κ3) is 3.14. The van der Waals surface area contributed by atoms with E-state index in [4.69, 9.17) is 0 Å². The minimum atomic E-state index is 0.673. The van der Waals surface area contributed by atoms with Gasteiger partial charge in [-0.1, -0.05) is 33.1 Å². The molecule has 0 radical (unpaired) electrons. The molecule has 3 nitrogen and oxygen atoms in total. The molecule has 1 N–H and O–H groups in total. The highest BCUT2D eigenvalue weighted by Gasteiger charge is 2.21. The lowest BCUT2D eigenvalue weighted by Gasteiger charge is -2.15. The number of rotatable bonds is 7. The smallest absolute Gasteiger partial charge is 0.0537 e. The van der Waals surface area contributed by atoms with Gasteiger partial charge < -0.3 is 5.32 Å². The average molecular weight is 249 g/mol. The van der Waals surface area contributed by atoms with Crippen LogP contribution in [0, 0.1) is 0 Å². The number of hydrogen-bond acceptors (Lipinski definition) is 2. The average Bonchev–Trinajstić information content (AvgIpc) is 3.00. The molecule has 1 aliphatic rings. The van der Waals surface area contributed by atoms with Crippen LogP contribution in [0.5, 0.6) is 0 Å². The Labute approximate surface area is 111 Å². The van der Waals surface area contributed by atoms with Crippen molar-refractivity contribution in [3.05, 3.63) is 17.5 Å². The molecule has 0 unspecified atom stereocenters. The summed E-state index contributed by atoms with van der Waals surface area (Å²) >= 11 is 0. The molecule has 1 heterocycles. The van der Waals surface area contributed by atoms with E-state index in [2.05, 4.69) is 35.1 Å². The quantitative estimate of drug-likeness (QED) is 0.750.